The summed E-state index contributed by atoms with van der Waals surface area (Å²) in [6.07, 6.45) is 1.58. The van der Waals surface area contributed by atoms with Gasteiger partial charge in [-0.2, -0.15) is 5.10 Å². The summed E-state index contributed by atoms with van der Waals surface area (Å²) in [6.45, 7) is 1.97. The number of carbonyl (C=O) groups is 3. The molecule has 158 valence electrons. The largest absolute Gasteiger partial charge is 0.458 e. The van der Waals surface area contributed by atoms with Crippen molar-refractivity contribution >= 4 is 29.6 Å². The number of furan rings is 1. The minimum Gasteiger partial charge on any atom is -0.458 e. The van der Waals surface area contributed by atoms with E-state index in [1.807, 2.05) is 49.4 Å². The van der Waals surface area contributed by atoms with Crippen molar-refractivity contribution in [2.45, 2.75) is 19.9 Å². The monoisotopic (exact) mass is 418 g/mol. The molecule has 0 aliphatic rings. The molecule has 0 saturated heterocycles. The van der Waals surface area contributed by atoms with Gasteiger partial charge in [-0.1, -0.05) is 48.0 Å². The van der Waals surface area contributed by atoms with E-state index < -0.39 is 11.8 Å². The maximum atomic E-state index is 12.0. The lowest BCUT2D eigenvalue weighted by Crippen LogP contribution is -2.34. The molecule has 8 heteroatoms. The van der Waals surface area contributed by atoms with Gasteiger partial charge >= 0.3 is 11.8 Å². The molecule has 0 fully saturated rings. The van der Waals surface area contributed by atoms with Crippen LogP contribution < -0.4 is 16.1 Å². The van der Waals surface area contributed by atoms with Gasteiger partial charge in [0.15, 0.2) is 0 Å². The number of anilines is 1. The summed E-state index contributed by atoms with van der Waals surface area (Å²) in [6, 6.07) is 19.7. The van der Waals surface area contributed by atoms with Crippen LogP contribution in [0.4, 0.5) is 5.69 Å². The van der Waals surface area contributed by atoms with Gasteiger partial charge in [0, 0.05) is 5.69 Å². The summed E-state index contributed by atoms with van der Waals surface area (Å²) in [5, 5.41) is 8.87. The Morgan fingerprint density at radius 1 is 0.935 bits per heavy atom. The number of hydrogen-bond donors (Lipinski definition) is 3. The van der Waals surface area contributed by atoms with E-state index in [1.165, 1.54) is 6.21 Å². The molecule has 0 radical (unpaired) electrons. The lowest BCUT2D eigenvalue weighted by atomic mass is 10.1. The Morgan fingerprint density at radius 2 is 1.68 bits per heavy atom. The lowest BCUT2D eigenvalue weighted by Gasteiger charge is -2.05. The molecule has 0 unspecified atom stereocenters. The zero-order chi connectivity index (χ0) is 22.1. The third-order valence-electron chi connectivity index (χ3n) is 4.21. The van der Waals surface area contributed by atoms with Gasteiger partial charge in [0.1, 0.15) is 11.5 Å². The molecule has 1 aromatic heterocycles. The van der Waals surface area contributed by atoms with Crippen LogP contribution in [0.2, 0.25) is 0 Å². The Balaban J connectivity index is 1.42. The fraction of sp³-hybridized carbons (Fsp3) is 0.130. The van der Waals surface area contributed by atoms with Crippen molar-refractivity contribution in [3.8, 4) is 0 Å². The predicted octanol–water partition coefficient (Wildman–Crippen LogP) is 2.54. The topological polar surface area (TPSA) is 113 Å². The number of nitrogens with zero attached hydrogens (tertiary/aromatic N) is 1. The van der Waals surface area contributed by atoms with E-state index in [4.69, 9.17) is 4.42 Å². The number of rotatable bonds is 7. The van der Waals surface area contributed by atoms with Gasteiger partial charge in [0.25, 0.3) is 0 Å². The van der Waals surface area contributed by atoms with Crippen molar-refractivity contribution in [2.24, 2.45) is 5.10 Å². The highest BCUT2D eigenvalue weighted by Crippen LogP contribution is 2.09. The first kappa shape index (κ1) is 21.5. The predicted molar refractivity (Wildman–Crippen MR) is 116 cm³/mol. The van der Waals surface area contributed by atoms with Crippen LogP contribution in [0.5, 0.6) is 0 Å². The standard InChI is InChI=1S/C23H22N4O4/c1-16-7-9-18(10-8-16)26-23(30)22(29)24-14-19-11-12-20(31-19)15-25-27-21(28)13-17-5-3-2-4-6-17/h2-12,15H,13-14H2,1H3,(H,24,29)(H,26,30)(H,27,28)/b25-15-. The van der Waals surface area contributed by atoms with Crippen molar-refractivity contribution in [1.82, 2.24) is 10.7 Å². The molecule has 3 amide bonds. The van der Waals surface area contributed by atoms with Gasteiger partial charge in [0.05, 0.1) is 19.2 Å². The number of hydrazone groups is 1. The molecule has 3 N–H and O–H groups in total. The average Bonchev–Trinajstić information content (AvgIpc) is 3.22. The summed E-state index contributed by atoms with van der Waals surface area (Å²) in [7, 11) is 0. The van der Waals surface area contributed by atoms with Crippen molar-refractivity contribution < 1.29 is 18.8 Å². The molecule has 3 aromatic rings. The summed E-state index contributed by atoms with van der Waals surface area (Å²) in [4.78, 5) is 35.8. The van der Waals surface area contributed by atoms with Gasteiger partial charge in [-0.15, -0.1) is 0 Å². The van der Waals surface area contributed by atoms with Crippen molar-refractivity contribution in [1.29, 1.82) is 0 Å². The van der Waals surface area contributed by atoms with E-state index >= 15 is 0 Å². The highest BCUT2D eigenvalue weighted by atomic mass is 16.3. The van der Waals surface area contributed by atoms with Gasteiger partial charge < -0.3 is 15.1 Å². The minimum atomic E-state index is -0.777. The zero-order valence-electron chi connectivity index (χ0n) is 16.9. The van der Waals surface area contributed by atoms with Gasteiger partial charge in [-0.25, -0.2) is 5.43 Å². The molecule has 8 nitrogen and oxygen atoms in total. The highest BCUT2D eigenvalue weighted by molar-refractivity contribution is 6.39. The Kier molecular flexibility index (Phi) is 7.31. The van der Waals surface area contributed by atoms with Crippen molar-refractivity contribution in [2.75, 3.05) is 5.32 Å². The van der Waals surface area contributed by atoms with E-state index in [1.54, 1.807) is 24.3 Å². The number of benzene rings is 2. The van der Waals surface area contributed by atoms with E-state index in [0.717, 1.165) is 11.1 Å². The molecule has 3 rings (SSSR count). The van der Waals surface area contributed by atoms with Crippen LogP contribution in [0.15, 0.2) is 76.2 Å². The Hall–Kier alpha value is -4.20. The van der Waals surface area contributed by atoms with Crippen molar-refractivity contribution in [3.05, 3.63) is 89.4 Å². The summed E-state index contributed by atoms with van der Waals surface area (Å²) >= 11 is 0. The number of amides is 3. The van der Waals surface area contributed by atoms with Gasteiger partial charge in [-0.05, 0) is 36.8 Å². The maximum absolute atomic E-state index is 12.0. The maximum Gasteiger partial charge on any atom is 0.313 e. The van der Waals surface area contributed by atoms with Crippen LogP contribution in [-0.4, -0.2) is 23.9 Å². The molecule has 1 heterocycles. The van der Waals surface area contributed by atoms with E-state index in [0.29, 0.717) is 17.2 Å². The van der Waals surface area contributed by atoms with Gasteiger partial charge in [-0.3, -0.25) is 14.4 Å². The molecule has 31 heavy (non-hydrogen) atoms. The molecule has 0 aliphatic carbocycles. The fourth-order valence-electron chi connectivity index (χ4n) is 2.62. The molecule has 2 aromatic carbocycles. The normalized spacial score (nSPS) is 10.6. The molecule has 0 atom stereocenters. The molecule has 0 bridgehead atoms. The third-order valence-corrected chi connectivity index (χ3v) is 4.21. The van der Waals surface area contributed by atoms with Crippen LogP contribution in [0, 0.1) is 6.92 Å². The van der Waals surface area contributed by atoms with Crippen LogP contribution in [-0.2, 0) is 27.3 Å². The summed E-state index contributed by atoms with van der Waals surface area (Å²) in [5.74, 6) is -0.957. The second kappa shape index (κ2) is 10.5. The highest BCUT2D eigenvalue weighted by Gasteiger charge is 2.14. The number of hydrogen-bond acceptors (Lipinski definition) is 5. The van der Waals surface area contributed by atoms with E-state index in [2.05, 4.69) is 21.2 Å². The fourth-order valence-corrected chi connectivity index (χ4v) is 2.62. The second-order valence-corrected chi connectivity index (χ2v) is 6.76. The number of nitrogens with one attached hydrogen (secondary N) is 3. The van der Waals surface area contributed by atoms with Crippen molar-refractivity contribution in [3.63, 3.8) is 0 Å². The van der Waals surface area contributed by atoms with Crippen LogP contribution >= 0.6 is 0 Å². The first-order valence-electron chi connectivity index (χ1n) is 9.60. The zero-order valence-corrected chi connectivity index (χ0v) is 16.9. The quantitative estimate of drug-likeness (QED) is 0.311. The Labute approximate surface area is 179 Å². The summed E-state index contributed by atoms with van der Waals surface area (Å²) in [5.41, 5.74) is 4.90. The van der Waals surface area contributed by atoms with E-state index in [-0.39, 0.29) is 18.9 Å². The first-order chi connectivity index (χ1) is 15.0. The van der Waals surface area contributed by atoms with Crippen LogP contribution in [0.3, 0.4) is 0 Å². The molecule has 0 spiro atoms. The number of carbonyl (C=O) groups excluding carboxylic acids is 3. The van der Waals surface area contributed by atoms with Crippen LogP contribution in [0.25, 0.3) is 0 Å². The number of aryl methyl sites for hydroxylation is 1. The molecule has 0 saturated carbocycles. The smallest absolute Gasteiger partial charge is 0.313 e. The summed E-state index contributed by atoms with van der Waals surface area (Å²) < 4.78 is 5.50. The SMILES string of the molecule is Cc1ccc(NC(=O)C(=O)NCc2ccc(/C=N\NC(=O)Cc3ccccc3)o2)cc1. The minimum absolute atomic E-state index is 0.0361. The molecular formula is C23H22N4O4. The van der Waals surface area contributed by atoms with Crippen LogP contribution in [0.1, 0.15) is 22.6 Å². The van der Waals surface area contributed by atoms with E-state index in [9.17, 15) is 14.4 Å². The second-order valence-electron chi connectivity index (χ2n) is 6.76. The molecular weight excluding hydrogens is 396 g/mol. The Morgan fingerprint density at radius 3 is 2.42 bits per heavy atom. The Bertz CT molecular complexity index is 1070. The molecule has 0 aliphatic heterocycles. The van der Waals surface area contributed by atoms with Gasteiger partial charge in [0.2, 0.25) is 5.91 Å². The average molecular weight is 418 g/mol. The third kappa shape index (κ3) is 6.97. The first-order valence-corrected chi connectivity index (χ1v) is 9.60. The lowest BCUT2D eigenvalue weighted by molar-refractivity contribution is -0.136.